The molecule has 0 aromatic carbocycles. The van der Waals surface area contributed by atoms with Crippen LogP contribution in [0.15, 0.2) is 27.9 Å². The normalized spacial score (nSPS) is 11.1. The molecule has 0 amide bonds. The van der Waals surface area contributed by atoms with Crippen molar-refractivity contribution in [3.05, 3.63) is 35.1 Å². The van der Waals surface area contributed by atoms with Crippen LogP contribution in [0.4, 0.5) is 0 Å². The van der Waals surface area contributed by atoms with E-state index in [0.717, 1.165) is 11.4 Å². The van der Waals surface area contributed by atoms with Crippen molar-refractivity contribution in [2.45, 2.75) is 31.0 Å². The summed E-state index contributed by atoms with van der Waals surface area (Å²) in [5.41, 5.74) is 0. The molecule has 2 heterocycles. The van der Waals surface area contributed by atoms with Crippen LogP contribution in [-0.2, 0) is 12.2 Å². The fourth-order valence-electron chi connectivity index (χ4n) is 1.39. The van der Waals surface area contributed by atoms with E-state index in [0.29, 0.717) is 28.4 Å². The second kappa shape index (κ2) is 6.20. The zero-order valence-corrected chi connectivity index (χ0v) is 11.8. The fourth-order valence-corrected chi connectivity index (χ4v) is 2.40. The summed E-state index contributed by atoms with van der Waals surface area (Å²) < 4.78 is 5.17. The standard InChI is InChI=1S/C12H14ClN3OS/c1-8(2)6-11-15-10(16-17-11)7-18-12-9(13)4-3-5-14-12/h3-5,8H,6-7H2,1-2H3. The molecule has 6 heteroatoms. The summed E-state index contributed by atoms with van der Waals surface area (Å²) in [4.78, 5) is 8.52. The van der Waals surface area contributed by atoms with Gasteiger partial charge >= 0.3 is 0 Å². The molecule has 0 saturated heterocycles. The van der Waals surface area contributed by atoms with Gasteiger partial charge in [-0.2, -0.15) is 4.98 Å². The van der Waals surface area contributed by atoms with Crippen molar-refractivity contribution in [2.24, 2.45) is 5.92 Å². The highest BCUT2D eigenvalue weighted by molar-refractivity contribution is 7.98. The summed E-state index contributed by atoms with van der Waals surface area (Å²) in [5.74, 6) is 2.49. The maximum Gasteiger partial charge on any atom is 0.226 e. The molecular weight excluding hydrogens is 270 g/mol. The third-order valence-corrected chi connectivity index (χ3v) is 3.57. The van der Waals surface area contributed by atoms with E-state index in [1.165, 1.54) is 11.8 Å². The Kier molecular flexibility index (Phi) is 4.60. The van der Waals surface area contributed by atoms with E-state index in [4.69, 9.17) is 16.1 Å². The maximum atomic E-state index is 6.02. The van der Waals surface area contributed by atoms with Gasteiger partial charge in [0.15, 0.2) is 5.82 Å². The van der Waals surface area contributed by atoms with Gasteiger partial charge in [-0.05, 0) is 18.1 Å². The molecule has 2 aromatic heterocycles. The van der Waals surface area contributed by atoms with Crippen LogP contribution in [0.3, 0.4) is 0 Å². The summed E-state index contributed by atoms with van der Waals surface area (Å²) >= 11 is 7.52. The fraction of sp³-hybridized carbons (Fsp3) is 0.417. The van der Waals surface area contributed by atoms with Crippen LogP contribution < -0.4 is 0 Å². The van der Waals surface area contributed by atoms with Gasteiger partial charge < -0.3 is 4.52 Å². The lowest BCUT2D eigenvalue weighted by molar-refractivity contribution is 0.360. The molecule has 4 nitrogen and oxygen atoms in total. The van der Waals surface area contributed by atoms with Crippen LogP contribution in [0.5, 0.6) is 0 Å². The zero-order chi connectivity index (χ0) is 13.0. The van der Waals surface area contributed by atoms with E-state index in [2.05, 4.69) is 29.0 Å². The molecule has 0 unspecified atom stereocenters. The number of nitrogens with zero attached hydrogens (tertiary/aromatic N) is 3. The average Bonchev–Trinajstić information content (AvgIpc) is 2.75. The van der Waals surface area contributed by atoms with E-state index in [1.807, 2.05) is 12.1 Å². The number of rotatable bonds is 5. The van der Waals surface area contributed by atoms with E-state index < -0.39 is 0 Å². The highest BCUT2D eigenvalue weighted by Crippen LogP contribution is 2.26. The van der Waals surface area contributed by atoms with Crippen LogP contribution in [0, 0.1) is 5.92 Å². The van der Waals surface area contributed by atoms with Crippen molar-refractivity contribution in [1.82, 2.24) is 15.1 Å². The molecule has 96 valence electrons. The van der Waals surface area contributed by atoms with Crippen molar-refractivity contribution < 1.29 is 4.52 Å². The molecule has 0 N–H and O–H groups in total. The number of thioether (sulfide) groups is 1. The van der Waals surface area contributed by atoms with Gasteiger partial charge in [0.2, 0.25) is 5.89 Å². The molecule has 0 fully saturated rings. The van der Waals surface area contributed by atoms with Gasteiger partial charge in [0, 0.05) is 12.6 Å². The Bertz CT molecular complexity index is 516. The molecule has 0 saturated carbocycles. The first kappa shape index (κ1) is 13.4. The number of hydrogen-bond acceptors (Lipinski definition) is 5. The van der Waals surface area contributed by atoms with Gasteiger partial charge in [0.05, 0.1) is 10.8 Å². The van der Waals surface area contributed by atoms with Crippen LogP contribution >= 0.6 is 23.4 Å². The first-order valence-corrected chi connectivity index (χ1v) is 7.06. The van der Waals surface area contributed by atoms with Crippen molar-refractivity contribution in [1.29, 1.82) is 0 Å². The molecule has 0 bridgehead atoms. The zero-order valence-electron chi connectivity index (χ0n) is 10.3. The van der Waals surface area contributed by atoms with E-state index in [1.54, 1.807) is 6.20 Å². The lowest BCUT2D eigenvalue weighted by Gasteiger charge is -1.99. The molecule has 2 rings (SSSR count). The third kappa shape index (κ3) is 3.71. The minimum absolute atomic E-state index is 0.510. The Labute approximate surface area is 115 Å². The summed E-state index contributed by atoms with van der Waals surface area (Å²) in [6.45, 7) is 4.23. The monoisotopic (exact) mass is 283 g/mol. The second-order valence-electron chi connectivity index (χ2n) is 4.28. The van der Waals surface area contributed by atoms with E-state index in [9.17, 15) is 0 Å². The van der Waals surface area contributed by atoms with Crippen molar-refractivity contribution >= 4 is 23.4 Å². The quantitative estimate of drug-likeness (QED) is 0.785. The molecule has 0 aliphatic heterocycles. The van der Waals surface area contributed by atoms with Crippen molar-refractivity contribution in [3.8, 4) is 0 Å². The highest BCUT2D eigenvalue weighted by atomic mass is 35.5. The average molecular weight is 284 g/mol. The van der Waals surface area contributed by atoms with E-state index in [-0.39, 0.29) is 0 Å². The predicted molar refractivity (Wildman–Crippen MR) is 71.6 cm³/mol. The van der Waals surface area contributed by atoms with Gasteiger partial charge in [-0.25, -0.2) is 4.98 Å². The topological polar surface area (TPSA) is 51.8 Å². The lowest BCUT2D eigenvalue weighted by Crippen LogP contribution is -1.94. The van der Waals surface area contributed by atoms with Crippen LogP contribution in [0.25, 0.3) is 0 Å². The van der Waals surface area contributed by atoms with E-state index >= 15 is 0 Å². The van der Waals surface area contributed by atoms with Gasteiger partial charge in [-0.3, -0.25) is 0 Å². The minimum atomic E-state index is 0.510. The Morgan fingerprint density at radius 3 is 3.00 bits per heavy atom. The first-order chi connectivity index (χ1) is 8.65. The summed E-state index contributed by atoms with van der Waals surface area (Å²) in [7, 11) is 0. The van der Waals surface area contributed by atoms with Gasteiger partial charge in [-0.1, -0.05) is 42.4 Å². The molecular formula is C12H14ClN3OS. The SMILES string of the molecule is CC(C)Cc1nc(CSc2ncccc2Cl)no1. The Hall–Kier alpha value is -1.07. The highest BCUT2D eigenvalue weighted by Gasteiger charge is 2.09. The maximum absolute atomic E-state index is 6.02. The lowest BCUT2D eigenvalue weighted by atomic mass is 10.1. The van der Waals surface area contributed by atoms with Gasteiger partial charge in [-0.15, -0.1) is 0 Å². The third-order valence-electron chi connectivity index (χ3n) is 2.16. The Morgan fingerprint density at radius 2 is 2.28 bits per heavy atom. The molecule has 0 spiro atoms. The summed E-state index contributed by atoms with van der Waals surface area (Å²) in [5, 5.41) is 5.37. The van der Waals surface area contributed by atoms with Gasteiger partial charge in [0.25, 0.3) is 0 Å². The number of halogens is 1. The molecule has 0 aliphatic carbocycles. The Morgan fingerprint density at radius 1 is 1.44 bits per heavy atom. The molecule has 18 heavy (non-hydrogen) atoms. The molecule has 2 aromatic rings. The molecule has 0 atom stereocenters. The Balaban J connectivity index is 1.94. The second-order valence-corrected chi connectivity index (χ2v) is 5.65. The first-order valence-electron chi connectivity index (χ1n) is 5.70. The summed E-state index contributed by atoms with van der Waals surface area (Å²) in [6.07, 6.45) is 2.52. The van der Waals surface area contributed by atoms with Crippen LogP contribution in [0.1, 0.15) is 25.6 Å². The smallest absolute Gasteiger partial charge is 0.226 e. The van der Waals surface area contributed by atoms with Crippen molar-refractivity contribution in [2.75, 3.05) is 0 Å². The number of pyridine rings is 1. The number of aromatic nitrogens is 3. The molecule has 0 radical (unpaired) electrons. The number of hydrogen-bond donors (Lipinski definition) is 0. The predicted octanol–water partition coefficient (Wildman–Crippen LogP) is 3.61. The van der Waals surface area contributed by atoms with Crippen molar-refractivity contribution in [3.63, 3.8) is 0 Å². The minimum Gasteiger partial charge on any atom is -0.339 e. The largest absolute Gasteiger partial charge is 0.339 e. The van der Waals surface area contributed by atoms with Gasteiger partial charge in [0.1, 0.15) is 5.03 Å². The summed E-state index contributed by atoms with van der Waals surface area (Å²) in [6, 6.07) is 3.62. The molecule has 0 aliphatic rings. The van der Waals surface area contributed by atoms with Crippen LogP contribution in [0.2, 0.25) is 5.02 Å². The van der Waals surface area contributed by atoms with Crippen LogP contribution in [-0.4, -0.2) is 15.1 Å².